The highest BCUT2D eigenvalue weighted by atomic mass is 32.2. The van der Waals surface area contributed by atoms with Crippen LogP contribution in [0, 0.1) is 0 Å². The number of ether oxygens (including phenoxy) is 1. The number of rotatable bonds is 3. The van der Waals surface area contributed by atoms with Crippen molar-refractivity contribution in [1.29, 1.82) is 0 Å². The van der Waals surface area contributed by atoms with Crippen molar-refractivity contribution >= 4 is 22.7 Å². The van der Waals surface area contributed by atoms with Crippen LogP contribution in [0.3, 0.4) is 0 Å². The van der Waals surface area contributed by atoms with Crippen molar-refractivity contribution in [3.8, 4) is 16.2 Å². The van der Waals surface area contributed by atoms with Crippen molar-refractivity contribution in [2.45, 2.75) is 45.1 Å². The summed E-state index contributed by atoms with van der Waals surface area (Å²) in [5.41, 5.74) is 5.03. The Morgan fingerprint density at radius 3 is 2.91 bits per heavy atom. The molecule has 0 fully saturated rings. The van der Waals surface area contributed by atoms with Gasteiger partial charge in [0.15, 0.2) is 0 Å². The molecule has 2 atom stereocenters. The van der Waals surface area contributed by atoms with Crippen LogP contribution in [0.1, 0.15) is 45.0 Å². The van der Waals surface area contributed by atoms with Crippen molar-refractivity contribution in [3.05, 3.63) is 35.0 Å². The van der Waals surface area contributed by atoms with Crippen molar-refractivity contribution in [2.24, 2.45) is 0 Å². The molecule has 0 radical (unpaired) electrons. The second kappa shape index (κ2) is 5.85. The van der Waals surface area contributed by atoms with Gasteiger partial charge in [-0.3, -0.25) is 0 Å². The summed E-state index contributed by atoms with van der Waals surface area (Å²) in [6.07, 6.45) is 0. The molecule has 0 saturated carbocycles. The van der Waals surface area contributed by atoms with Crippen LogP contribution in [0.15, 0.2) is 23.7 Å². The lowest BCUT2D eigenvalue weighted by molar-refractivity contribution is 0.298. The Hall–Kier alpha value is -1.08. The third-order valence-corrected chi connectivity index (χ3v) is 6.18. The summed E-state index contributed by atoms with van der Waals surface area (Å²) < 4.78 is 20.9. The fourth-order valence-corrected chi connectivity index (χ4v) is 3.90. The normalized spacial score (nSPS) is 16.4. The molecular weight excluding hydrogens is 316 g/mol. The van der Waals surface area contributed by atoms with Gasteiger partial charge in [0.2, 0.25) is 0 Å². The third kappa shape index (κ3) is 3.01. The zero-order valence-electron chi connectivity index (χ0n) is 13.2. The van der Waals surface area contributed by atoms with Gasteiger partial charge in [0, 0.05) is 16.9 Å². The van der Waals surface area contributed by atoms with E-state index in [4.69, 9.17) is 4.74 Å². The summed E-state index contributed by atoms with van der Waals surface area (Å²) in [6.45, 7) is 8.43. The molecule has 4 nitrogen and oxygen atoms in total. The third-order valence-electron chi connectivity index (χ3n) is 3.60. The van der Waals surface area contributed by atoms with Crippen LogP contribution >= 0.6 is 11.3 Å². The van der Waals surface area contributed by atoms with Crippen molar-refractivity contribution in [2.75, 3.05) is 0 Å². The van der Waals surface area contributed by atoms with E-state index in [9.17, 15) is 4.55 Å². The van der Waals surface area contributed by atoms with Crippen LogP contribution in [-0.2, 0) is 18.0 Å². The van der Waals surface area contributed by atoms with Crippen LogP contribution < -0.4 is 9.46 Å². The summed E-state index contributed by atoms with van der Waals surface area (Å²) in [5.74, 6) is 0.879. The second-order valence-corrected chi connectivity index (χ2v) is 9.25. The number of nitrogens with one attached hydrogen (secondary N) is 1. The van der Waals surface area contributed by atoms with Crippen molar-refractivity contribution < 1.29 is 9.29 Å². The van der Waals surface area contributed by atoms with Gasteiger partial charge < -0.3 is 9.29 Å². The molecule has 0 bridgehead atoms. The SMILES string of the molecule is CC(N[S+]([O-])C(C)(C)C)c1ccc2c(c1)OCc1ncsc1-2. The molecule has 0 saturated heterocycles. The van der Waals surface area contributed by atoms with Gasteiger partial charge in [-0.15, -0.1) is 16.1 Å². The van der Waals surface area contributed by atoms with Gasteiger partial charge in [0.25, 0.3) is 0 Å². The molecule has 6 heteroatoms. The quantitative estimate of drug-likeness (QED) is 0.866. The molecule has 1 aromatic carbocycles. The lowest BCUT2D eigenvalue weighted by atomic mass is 10.0. The molecule has 3 rings (SSSR count). The molecule has 2 unspecified atom stereocenters. The minimum absolute atomic E-state index is 0.00295. The van der Waals surface area contributed by atoms with Gasteiger partial charge in [-0.05, 0) is 45.4 Å². The van der Waals surface area contributed by atoms with Gasteiger partial charge in [0.05, 0.1) is 22.1 Å². The number of nitrogens with zero attached hydrogens (tertiary/aromatic N) is 1. The highest BCUT2D eigenvalue weighted by molar-refractivity contribution is 7.90. The van der Waals surface area contributed by atoms with Gasteiger partial charge in [-0.1, -0.05) is 6.07 Å². The number of benzene rings is 1. The molecule has 0 spiro atoms. The molecule has 2 aromatic rings. The van der Waals surface area contributed by atoms with E-state index in [1.54, 1.807) is 11.3 Å². The molecular formula is C16H20N2O2S2. The Balaban J connectivity index is 1.83. The number of aromatic nitrogens is 1. The maximum absolute atomic E-state index is 12.2. The second-order valence-electron chi connectivity index (χ2n) is 6.39. The lowest BCUT2D eigenvalue weighted by Crippen LogP contribution is -2.40. The first-order valence-corrected chi connectivity index (χ1v) is 9.27. The van der Waals surface area contributed by atoms with Crippen molar-refractivity contribution in [3.63, 3.8) is 0 Å². The molecule has 0 aliphatic carbocycles. The molecule has 1 N–H and O–H groups in total. The van der Waals surface area contributed by atoms with Crippen molar-refractivity contribution in [1.82, 2.24) is 9.71 Å². The van der Waals surface area contributed by atoms with E-state index in [2.05, 4.69) is 21.8 Å². The average molecular weight is 336 g/mol. The topological polar surface area (TPSA) is 57.2 Å². The van der Waals surface area contributed by atoms with Gasteiger partial charge >= 0.3 is 0 Å². The fraction of sp³-hybridized carbons (Fsp3) is 0.438. The molecule has 1 aliphatic heterocycles. The van der Waals surface area contributed by atoms with Gasteiger partial charge in [-0.2, -0.15) is 0 Å². The molecule has 22 heavy (non-hydrogen) atoms. The summed E-state index contributed by atoms with van der Waals surface area (Å²) in [7, 11) is 0. The first-order valence-electron chi connectivity index (χ1n) is 7.24. The maximum atomic E-state index is 12.2. The smallest absolute Gasteiger partial charge is 0.136 e. The Morgan fingerprint density at radius 1 is 1.41 bits per heavy atom. The van der Waals surface area contributed by atoms with E-state index < -0.39 is 11.4 Å². The summed E-state index contributed by atoms with van der Waals surface area (Å²) >= 11 is 0.543. The summed E-state index contributed by atoms with van der Waals surface area (Å²) in [4.78, 5) is 5.51. The fourth-order valence-electron chi connectivity index (χ4n) is 2.26. The Morgan fingerprint density at radius 2 is 2.18 bits per heavy atom. The number of hydrogen-bond acceptors (Lipinski definition) is 5. The first kappa shape index (κ1) is 15.8. The minimum Gasteiger partial charge on any atom is -0.598 e. The summed E-state index contributed by atoms with van der Waals surface area (Å²) in [6, 6.07) is 6.17. The Labute approximate surface area is 138 Å². The number of thiazole rings is 1. The summed E-state index contributed by atoms with van der Waals surface area (Å²) in [5, 5.41) is 0. The van der Waals surface area contributed by atoms with Gasteiger partial charge in [-0.25, -0.2) is 4.98 Å². The highest BCUT2D eigenvalue weighted by Crippen LogP contribution is 2.40. The predicted molar refractivity (Wildman–Crippen MR) is 91.3 cm³/mol. The molecule has 1 aromatic heterocycles. The molecule has 2 heterocycles. The standard InChI is InChI=1S/C16H20N2O2S2/c1-10(18-22(19)16(2,3)4)11-5-6-12-14(7-11)20-8-13-15(12)21-9-17-13/h5-7,9-10,18H,8H2,1-4H3. The van der Waals surface area contributed by atoms with Gasteiger partial charge in [0.1, 0.15) is 17.1 Å². The zero-order valence-corrected chi connectivity index (χ0v) is 14.8. The lowest BCUT2D eigenvalue weighted by Gasteiger charge is -2.27. The number of fused-ring (bicyclic) bond motifs is 3. The van der Waals surface area contributed by atoms with E-state index in [0.29, 0.717) is 6.61 Å². The molecule has 1 aliphatic rings. The number of hydrogen-bond donors (Lipinski definition) is 1. The highest BCUT2D eigenvalue weighted by Gasteiger charge is 2.29. The van der Waals surface area contributed by atoms with Crippen LogP contribution in [-0.4, -0.2) is 14.3 Å². The minimum atomic E-state index is -1.10. The van der Waals surface area contributed by atoms with Crippen LogP contribution in [0.4, 0.5) is 0 Å². The van der Waals surface area contributed by atoms with Crippen LogP contribution in [0.5, 0.6) is 5.75 Å². The zero-order chi connectivity index (χ0) is 15.9. The predicted octanol–water partition coefficient (Wildman–Crippen LogP) is 3.82. The Bertz CT molecular complexity index is 679. The maximum Gasteiger partial charge on any atom is 0.136 e. The van der Waals surface area contributed by atoms with E-state index >= 15 is 0 Å². The molecule has 118 valence electrons. The van der Waals surface area contributed by atoms with E-state index in [1.807, 2.05) is 39.3 Å². The molecule has 0 amide bonds. The average Bonchev–Trinajstić information content (AvgIpc) is 2.94. The first-order chi connectivity index (χ1) is 10.4. The van der Waals surface area contributed by atoms with Crippen LogP contribution in [0.25, 0.3) is 10.4 Å². The van der Waals surface area contributed by atoms with E-state index in [-0.39, 0.29) is 10.8 Å². The van der Waals surface area contributed by atoms with E-state index in [1.165, 1.54) is 4.88 Å². The van der Waals surface area contributed by atoms with Crippen LogP contribution in [0.2, 0.25) is 0 Å². The largest absolute Gasteiger partial charge is 0.598 e. The monoisotopic (exact) mass is 336 g/mol. The van der Waals surface area contributed by atoms with E-state index in [0.717, 1.165) is 22.6 Å². The Kier molecular flexibility index (Phi) is 4.20.